The zero-order valence-corrected chi connectivity index (χ0v) is 29.7. The van der Waals surface area contributed by atoms with Crippen LogP contribution in [0.1, 0.15) is 50.5 Å². The maximum atomic E-state index is 16.2. The van der Waals surface area contributed by atoms with E-state index in [0.29, 0.717) is 13.0 Å². The first kappa shape index (κ1) is 35.0. The van der Waals surface area contributed by atoms with E-state index in [1.54, 1.807) is 30.3 Å². The molecule has 3 saturated heterocycles. The van der Waals surface area contributed by atoms with Crippen LogP contribution in [0.2, 0.25) is 0 Å². The van der Waals surface area contributed by atoms with E-state index in [1.807, 2.05) is 11.0 Å². The van der Waals surface area contributed by atoms with Gasteiger partial charge in [-0.3, -0.25) is 14.7 Å². The Bertz CT molecular complexity index is 1740. The zero-order chi connectivity index (χ0) is 34.9. The molecule has 1 aliphatic carbocycles. The average molecular weight is 707 g/mol. The molecule has 0 unspecified atom stereocenters. The molecule has 4 fully saturated rings. The Morgan fingerprint density at radius 3 is 2.26 bits per heavy atom. The predicted molar refractivity (Wildman–Crippen MR) is 188 cm³/mol. The highest BCUT2D eigenvalue weighted by atomic mass is 32.2. The number of carbonyl (C=O) groups excluding carboxylic acids is 1. The molecular weight excluding hydrogens is 659 g/mol. The van der Waals surface area contributed by atoms with E-state index in [-0.39, 0.29) is 57.8 Å². The van der Waals surface area contributed by atoms with Crippen molar-refractivity contribution < 1.29 is 26.7 Å². The first-order valence-corrected chi connectivity index (χ1v) is 19.5. The van der Waals surface area contributed by atoms with Crippen LogP contribution in [0, 0.1) is 23.6 Å². The fourth-order valence-electron chi connectivity index (χ4n) is 9.45. The molecule has 2 aromatic carbocycles. The monoisotopic (exact) mass is 706 g/mol. The van der Waals surface area contributed by atoms with E-state index in [9.17, 15) is 17.6 Å². The van der Waals surface area contributed by atoms with Crippen molar-refractivity contribution in [1.29, 1.82) is 0 Å². The molecule has 1 saturated carbocycles. The molecule has 1 aromatic heterocycles. The third-order valence-corrected chi connectivity index (χ3v) is 13.8. The molecule has 3 aliphatic heterocycles. The maximum Gasteiger partial charge on any atom is 0.305 e. The predicted octanol–water partition coefficient (Wildman–Crippen LogP) is 5.92. The van der Waals surface area contributed by atoms with Gasteiger partial charge in [-0.05, 0) is 130 Å². The maximum absolute atomic E-state index is 16.2. The standard InChI is InChI=1S/C39H48F2N4O4S/c1-49-37(46)23-29-5-2-8-36(29)39(28-43-19-4-20-43,31-6-3-7-32(40)24-31)30-15-21-44(22-16-30)25-38(41)26-45(27-38)33-9-11-34(12-10-33)50(47,48)35-13-17-42-18-14-35/h3,6-7,9-14,17-18,24,29-30,36H,2,4-5,8,15-16,19-23,25-28H2,1H3/t29-,36+,39+/m1/s1. The molecule has 11 heteroatoms. The SMILES string of the molecule is COC(=O)C[C@H]1CCC[C@@H]1[C@](CN1CCC1)(c1cccc(F)c1)C1CCN(CC2(F)CN(c3ccc(S(=O)(=O)c4ccncc4)cc3)C2)CC1. The molecule has 50 heavy (non-hydrogen) atoms. The van der Waals surface area contributed by atoms with E-state index < -0.39 is 15.5 Å². The van der Waals surface area contributed by atoms with Crippen LogP contribution in [0.25, 0.3) is 0 Å². The lowest BCUT2D eigenvalue weighted by atomic mass is 9.56. The lowest BCUT2D eigenvalue weighted by Gasteiger charge is -2.54. The van der Waals surface area contributed by atoms with Crippen LogP contribution in [0.4, 0.5) is 14.5 Å². The van der Waals surface area contributed by atoms with E-state index in [2.05, 4.69) is 20.9 Å². The fourth-order valence-corrected chi connectivity index (χ4v) is 10.7. The molecule has 7 rings (SSSR count). The van der Waals surface area contributed by atoms with E-state index >= 15 is 4.39 Å². The summed E-state index contributed by atoms with van der Waals surface area (Å²) in [6.07, 6.45) is 9.27. The minimum atomic E-state index is -3.65. The normalized spacial score (nSPS) is 24.3. The number of nitrogens with zero attached hydrogens (tertiary/aromatic N) is 4. The number of pyridine rings is 1. The van der Waals surface area contributed by atoms with Gasteiger partial charge in [-0.2, -0.15) is 0 Å². The summed E-state index contributed by atoms with van der Waals surface area (Å²) in [5, 5.41) is 0. The Kier molecular flexibility index (Phi) is 10.0. The first-order valence-electron chi connectivity index (χ1n) is 18.1. The van der Waals surface area contributed by atoms with E-state index in [1.165, 1.54) is 44.1 Å². The van der Waals surface area contributed by atoms with Gasteiger partial charge in [-0.15, -0.1) is 0 Å². The van der Waals surface area contributed by atoms with Crippen molar-refractivity contribution in [3.05, 3.63) is 84.4 Å². The van der Waals surface area contributed by atoms with Gasteiger partial charge in [0.15, 0.2) is 5.67 Å². The fraction of sp³-hybridized carbons (Fsp3) is 0.538. The molecule has 0 amide bonds. The van der Waals surface area contributed by atoms with Gasteiger partial charge in [0.05, 0.1) is 30.0 Å². The Labute approximate surface area is 294 Å². The number of methoxy groups -OCH3 is 1. The van der Waals surface area contributed by atoms with Crippen molar-refractivity contribution in [2.75, 3.05) is 64.4 Å². The van der Waals surface area contributed by atoms with Gasteiger partial charge in [0.1, 0.15) is 5.82 Å². The summed E-state index contributed by atoms with van der Waals surface area (Å²) >= 11 is 0. The van der Waals surface area contributed by atoms with Gasteiger partial charge in [0.25, 0.3) is 0 Å². The quantitative estimate of drug-likeness (QED) is 0.215. The highest BCUT2D eigenvalue weighted by Gasteiger charge is 2.53. The lowest BCUT2D eigenvalue weighted by molar-refractivity contribution is -0.142. The van der Waals surface area contributed by atoms with Crippen molar-refractivity contribution in [2.45, 2.75) is 65.8 Å². The number of esters is 1. The number of ether oxygens (including phenoxy) is 1. The Morgan fingerprint density at radius 1 is 0.920 bits per heavy atom. The lowest BCUT2D eigenvalue weighted by Crippen LogP contribution is -2.64. The molecule has 0 N–H and O–H groups in total. The van der Waals surface area contributed by atoms with Crippen molar-refractivity contribution in [2.24, 2.45) is 17.8 Å². The third-order valence-electron chi connectivity index (χ3n) is 12.0. The highest BCUT2D eigenvalue weighted by molar-refractivity contribution is 7.91. The van der Waals surface area contributed by atoms with Crippen molar-refractivity contribution >= 4 is 21.5 Å². The number of halogens is 2. The van der Waals surface area contributed by atoms with Crippen LogP contribution in [-0.2, 0) is 24.8 Å². The van der Waals surface area contributed by atoms with E-state index in [4.69, 9.17) is 4.74 Å². The van der Waals surface area contributed by atoms with Gasteiger partial charge >= 0.3 is 5.97 Å². The minimum absolute atomic E-state index is 0.178. The number of hydrogen-bond acceptors (Lipinski definition) is 8. The Balaban J connectivity index is 1.03. The Morgan fingerprint density at radius 2 is 1.62 bits per heavy atom. The van der Waals surface area contributed by atoms with Gasteiger partial charge < -0.3 is 14.5 Å². The second-order valence-electron chi connectivity index (χ2n) is 15.0. The summed E-state index contributed by atoms with van der Waals surface area (Å²) in [7, 11) is -2.20. The number of rotatable bonds is 12. The van der Waals surface area contributed by atoms with Crippen molar-refractivity contribution in [1.82, 2.24) is 14.8 Å². The molecule has 3 atom stereocenters. The van der Waals surface area contributed by atoms with Gasteiger partial charge in [-0.25, -0.2) is 17.2 Å². The van der Waals surface area contributed by atoms with Crippen LogP contribution < -0.4 is 4.90 Å². The van der Waals surface area contributed by atoms with Crippen molar-refractivity contribution in [3.8, 4) is 0 Å². The van der Waals surface area contributed by atoms with Crippen LogP contribution in [-0.4, -0.2) is 94.3 Å². The van der Waals surface area contributed by atoms with Gasteiger partial charge in [0.2, 0.25) is 9.84 Å². The number of hydrogen-bond donors (Lipinski definition) is 0. The third kappa shape index (κ3) is 6.93. The molecular formula is C39H48F2N4O4S. The van der Waals surface area contributed by atoms with Crippen LogP contribution in [0.3, 0.4) is 0 Å². The summed E-state index contributed by atoms with van der Waals surface area (Å²) < 4.78 is 62.2. The van der Waals surface area contributed by atoms with Gasteiger partial charge in [-0.1, -0.05) is 18.6 Å². The summed E-state index contributed by atoms with van der Waals surface area (Å²) in [6.45, 7) is 5.31. The average Bonchev–Trinajstić information content (AvgIpc) is 3.56. The van der Waals surface area contributed by atoms with Crippen LogP contribution >= 0.6 is 0 Å². The summed E-state index contributed by atoms with van der Waals surface area (Å²) in [6, 6.07) is 16.8. The molecule has 3 aromatic rings. The number of anilines is 1. The van der Waals surface area contributed by atoms with Gasteiger partial charge in [0, 0.05) is 43.0 Å². The Hall–Kier alpha value is -3.41. The highest BCUT2D eigenvalue weighted by Crippen LogP contribution is 2.54. The number of carbonyl (C=O) groups is 1. The molecule has 0 radical (unpaired) electrons. The minimum Gasteiger partial charge on any atom is -0.469 e. The molecule has 0 spiro atoms. The summed E-state index contributed by atoms with van der Waals surface area (Å²) in [4.78, 5) is 23.6. The number of alkyl halides is 1. The topological polar surface area (TPSA) is 83.0 Å². The van der Waals surface area contributed by atoms with Crippen LogP contribution in [0.15, 0.2) is 82.8 Å². The van der Waals surface area contributed by atoms with E-state index in [0.717, 1.165) is 76.1 Å². The number of sulfone groups is 1. The van der Waals surface area contributed by atoms with Crippen molar-refractivity contribution in [3.63, 3.8) is 0 Å². The molecule has 0 bridgehead atoms. The van der Waals surface area contributed by atoms with Crippen LogP contribution in [0.5, 0.6) is 0 Å². The molecule has 4 heterocycles. The number of aromatic nitrogens is 1. The first-order chi connectivity index (χ1) is 24.1. The summed E-state index contributed by atoms with van der Waals surface area (Å²) in [5.74, 6) is 0.293. The zero-order valence-electron chi connectivity index (χ0n) is 28.9. The largest absolute Gasteiger partial charge is 0.469 e. The number of benzene rings is 2. The number of likely N-dealkylation sites (tertiary alicyclic amines) is 2. The smallest absolute Gasteiger partial charge is 0.305 e. The molecule has 268 valence electrons. The molecule has 4 aliphatic rings. The second-order valence-corrected chi connectivity index (χ2v) is 16.9. The number of piperidine rings is 1. The molecule has 8 nitrogen and oxygen atoms in total. The summed E-state index contributed by atoms with van der Waals surface area (Å²) in [5.41, 5.74) is 0.181. The second kappa shape index (κ2) is 14.3.